The summed E-state index contributed by atoms with van der Waals surface area (Å²) in [5.74, 6) is -0.217. The average molecular weight is 515 g/mol. The Bertz CT molecular complexity index is 1030. The monoisotopic (exact) mass is 514 g/mol. The number of carbonyl (C=O) groups excluding carboxylic acids is 1. The van der Waals surface area contributed by atoms with E-state index in [4.69, 9.17) is 4.74 Å². The van der Waals surface area contributed by atoms with Gasteiger partial charge in [-0.05, 0) is 98.7 Å². The van der Waals surface area contributed by atoms with Crippen LogP contribution < -0.4 is 0 Å². The Morgan fingerprint density at radius 3 is 2.22 bits per heavy atom. The molecule has 0 bridgehead atoms. The number of rotatable bonds is 2. The number of allylic oxidation sites excluding steroid dienone is 1. The molecule has 2 N–H and O–H groups in total. The van der Waals surface area contributed by atoms with Crippen molar-refractivity contribution in [1.29, 1.82) is 0 Å². The number of carboxylic acid groups (broad SMARTS) is 1. The summed E-state index contributed by atoms with van der Waals surface area (Å²) in [7, 11) is 0. The molecule has 0 aromatic rings. The number of carboxylic acids is 1. The predicted octanol–water partition coefficient (Wildman–Crippen LogP) is 6.78. The van der Waals surface area contributed by atoms with Crippen LogP contribution in [0.2, 0.25) is 0 Å². The number of hydrogen-bond acceptors (Lipinski definition) is 4. The van der Waals surface area contributed by atoms with Crippen LogP contribution in [-0.4, -0.2) is 33.9 Å². The van der Waals surface area contributed by atoms with Crippen LogP contribution in [0.1, 0.15) is 113 Å². The molecule has 0 spiro atoms. The first-order valence-electron chi connectivity index (χ1n) is 14.8. The Morgan fingerprint density at radius 2 is 1.59 bits per heavy atom. The van der Waals surface area contributed by atoms with E-state index in [1.165, 1.54) is 12.5 Å². The molecule has 10 atom stereocenters. The Morgan fingerprint density at radius 1 is 0.919 bits per heavy atom. The van der Waals surface area contributed by atoms with Crippen molar-refractivity contribution in [3.63, 3.8) is 0 Å². The van der Waals surface area contributed by atoms with Gasteiger partial charge in [0.15, 0.2) is 0 Å². The van der Waals surface area contributed by atoms with Gasteiger partial charge < -0.3 is 14.9 Å². The van der Waals surface area contributed by atoms with Crippen LogP contribution in [0, 0.1) is 50.7 Å². The lowest BCUT2D eigenvalue weighted by atomic mass is 9.33. The van der Waals surface area contributed by atoms with Crippen LogP contribution in [0.5, 0.6) is 0 Å². The molecule has 4 fully saturated rings. The third kappa shape index (κ3) is 3.31. The minimum Gasteiger partial charge on any atom is -0.481 e. The Kier molecular flexibility index (Phi) is 5.95. The molecule has 208 valence electrons. The van der Waals surface area contributed by atoms with Crippen molar-refractivity contribution in [1.82, 2.24) is 0 Å². The smallest absolute Gasteiger partial charge is 0.310 e. The summed E-state index contributed by atoms with van der Waals surface area (Å²) in [6, 6.07) is 0. The second-order valence-electron chi connectivity index (χ2n) is 15.3. The minimum absolute atomic E-state index is 0.0358. The Hall–Kier alpha value is -1.36. The molecular formula is C32H50O5. The number of aliphatic hydroxyl groups is 1. The van der Waals surface area contributed by atoms with Gasteiger partial charge in [-0.3, -0.25) is 9.59 Å². The Labute approximate surface area is 223 Å². The molecule has 4 saturated carbocycles. The van der Waals surface area contributed by atoms with Crippen molar-refractivity contribution >= 4 is 11.9 Å². The van der Waals surface area contributed by atoms with E-state index in [1.54, 1.807) is 0 Å². The summed E-state index contributed by atoms with van der Waals surface area (Å²) in [5.41, 5.74) is -0.708. The highest BCUT2D eigenvalue weighted by Gasteiger charge is 2.71. The molecule has 37 heavy (non-hydrogen) atoms. The van der Waals surface area contributed by atoms with Crippen molar-refractivity contribution in [3.8, 4) is 0 Å². The molecule has 5 nitrogen and oxygen atoms in total. The standard InChI is InChI=1S/C32H50O5/c1-19-11-16-32(26(34)35)18-17-29(6)21(25(32)31(19,8)36)9-10-23-28(5)14-13-24(37-20(2)33)27(3,4)22(28)12-15-30(23,29)7/h9,19,22-25,36H,10-18H2,1-8H3,(H,34,35)/t19-,22?,23?,24-,25?,28+,29-,30-,31-,32+/m1/s1. The van der Waals surface area contributed by atoms with E-state index in [0.29, 0.717) is 24.7 Å². The zero-order valence-corrected chi connectivity index (χ0v) is 24.4. The molecule has 0 saturated heterocycles. The van der Waals surface area contributed by atoms with Crippen molar-refractivity contribution in [3.05, 3.63) is 11.6 Å². The van der Waals surface area contributed by atoms with Gasteiger partial charge in [-0.1, -0.05) is 53.2 Å². The van der Waals surface area contributed by atoms with E-state index >= 15 is 0 Å². The van der Waals surface area contributed by atoms with Gasteiger partial charge in [0.2, 0.25) is 0 Å². The number of carbonyl (C=O) groups is 2. The first kappa shape index (κ1) is 27.2. The van der Waals surface area contributed by atoms with Crippen molar-refractivity contribution in [2.45, 2.75) is 125 Å². The van der Waals surface area contributed by atoms with Crippen LogP contribution in [-0.2, 0) is 14.3 Å². The van der Waals surface area contributed by atoms with Gasteiger partial charge in [0.05, 0.1) is 11.0 Å². The fourth-order valence-electron chi connectivity index (χ4n) is 11.2. The summed E-state index contributed by atoms with van der Waals surface area (Å²) in [6.07, 6.45) is 10.4. The van der Waals surface area contributed by atoms with E-state index in [-0.39, 0.29) is 45.6 Å². The summed E-state index contributed by atoms with van der Waals surface area (Å²) < 4.78 is 5.86. The molecule has 0 radical (unpaired) electrons. The molecule has 0 heterocycles. The number of aliphatic carboxylic acids is 1. The van der Waals surface area contributed by atoms with Crippen molar-refractivity contribution < 1.29 is 24.5 Å². The van der Waals surface area contributed by atoms with Crippen LogP contribution in [0.15, 0.2) is 11.6 Å². The topological polar surface area (TPSA) is 83.8 Å². The maximum Gasteiger partial charge on any atom is 0.310 e. The second kappa shape index (κ2) is 8.08. The number of ether oxygens (including phenoxy) is 1. The zero-order chi connectivity index (χ0) is 27.4. The third-order valence-corrected chi connectivity index (χ3v) is 13.7. The SMILES string of the molecule is CC(=O)O[C@@H]1CC[C@@]2(C)C(CC[C@]3(C)C2CC=C2C4[C@](C(=O)O)(CC[C@@H](C)[C@@]4(C)O)CC[C@]23C)C1(C)C. The highest BCUT2D eigenvalue weighted by molar-refractivity contribution is 5.77. The highest BCUT2D eigenvalue weighted by Crippen LogP contribution is 2.76. The highest BCUT2D eigenvalue weighted by atomic mass is 16.5. The van der Waals surface area contributed by atoms with E-state index in [9.17, 15) is 19.8 Å². The van der Waals surface area contributed by atoms with Gasteiger partial charge in [-0.15, -0.1) is 0 Å². The van der Waals surface area contributed by atoms with Gasteiger partial charge >= 0.3 is 11.9 Å². The second-order valence-corrected chi connectivity index (χ2v) is 15.3. The summed E-state index contributed by atoms with van der Waals surface area (Å²) in [5, 5.41) is 22.5. The zero-order valence-electron chi connectivity index (χ0n) is 24.4. The molecule has 0 aromatic heterocycles. The lowest BCUT2D eigenvalue weighted by molar-refractivity contribution is -0.221. The van der Waals surface area contributed by atoms with Gasteiger partial charge in [0, 0.05) is 18.3 Å². The van der Waals surface area contributed by atoms with Crippen molar-refractivity contribution in [2.75, 3.05) is 0 Å². The fourth-order valence-corrected chi connectivity index (χ4v) is 11.2. The molecule has 5 aliphatic carbocycles. The normalized spacial score (nSPS) is 52.5. The molecule has 0 amide bonds. The van der Waals surface area contributed by atoms with Gasteiger partial charge in [-0.2, -0.15) is 0 Å². The van der Waals surface area contributed by atoms with E-state index in [1.807, 2.05) is 6.92 Å². The minimum atomic E-state index is -1.03. The molecule has 0 aliphatic heterocycles. The maximum absolute atomic E-state index is 12.9. The largest absolute Gasteiger partial charge is 0.481 e. The first-order chi connectivity index (χ1) is 17.0. The Balaban J connectivity index is 1.59. The molecule has 5 aliphatic rings. The number of hydrogen-bond donors (Lipinski definition) is 2. The van der Waals surface area contributed by atoms with Crippen LogP contribution in [0.4, 0.5) is 0 Å². The van der Waals surface area contributed by atoms with Crippen LogP contribution in [0.3, 0.4) is 0 Å². The van der Waals surface area contributed by atoms with Gasteiger partial charge in [-0.25, -0.2) is 0 Å². The molecular weight excluding hydrogens is 464 g/mol. The molecule has 5 heteroatoms. The fraction of sp³-hybridized carbons (Fsp3) is 0.875. The summed E-state index contributed by atoms with van der Waals surface area (Å²) in [6.45, 7) is 17.5. The number of esters is 1. The third-order valence-electron chi connectivity index (χ3n) is 13.7. The van der Waals surface area contributed by atoms with Gasteiger partial charge in [0.1, 0.15) is 6.10 Å². The summed E-state index contributed by atoms with van der Waals surface area (Å²) in [4.78, 5) is 24.8. The van der Waals surface area contributed by atoms with E-state index in [0.717, 1.165) is 44.9 Å². The van der Waals surface area contributed by atoms with E-state index in [2.05, 4.69) is 47.6 Å². The molecule has 3 unspecified atom stereocenters. The lowest BCUT2D eigenvalue weighted by Crippen LogP contribution is -2.67. The predicted molar refractivity (Wildman–Crippen MR) is 144 cm³/mol. The van der Waals surface area contributed by atoms with Crippen LogP contribution in [0.25, 0.3) is 0 Å². The first-order valence-corrected chi connectivity index (χ1v) is 14.8. The molecule has 5 rings (SSSR count). The summed E-state index contributed by atoms with van der Waals surface area (Å²) >= 11 is 0. The lowest BCUT2D eigenvalue weighted by Gasteiger charge is -2.71. The van der Waals surface area contributed by atoms with Crippen LogP contribution >= 0.6 is 0 Å². The molecule has 0 aromatic carbocycles. The number of fused-ring (bicyclic) bond motifs is 7. The quantitative estimate of drug-likeness (QED) is 0.314. The average Bonchev–Trinajstić information content (AvgIpc) is 2.78. The maximum atomic E-state index is 12.9. The van der Waals surface area contributed by atoms with E-state index < -0.39 is 17.0 Å². The van der Waals surface area contributed by atoms with Crippen molar-refractivity contribution in [2.24, 2.45) is 50.7 Å². The van der Waals surface area contributed by atoms with Gasteiger partial charge in [0.25, 0.3) is 0 Å².